The van der Waals surface area contributed by atoms with Crippen LogP contribution < -0.4 is 14.2 Å². The molecule has 2 unspecified atom stereocenters. The van der Waals surface area contributed by atoms with E-state index < -0.39 is 21.2 Å². The zero-order valence-electron chi connectivity index (χ0n) is 21.5. The molecular weight excluding hydrogens is 494 g/mol. The second-order valence-corrected chi connectivity index (χ2v) is 10.7. The lowest BCUT2D eigenvalue weighted by Crippen LogP contribution is -2.31. The molecule has 2 atom stereocenters. The van der Waals surface area contributed by atoms with Crippen LogP contribution in [-0.4, -0.2) is 57.6 Å². The molecule has 0 aliphatic rings. The molecular formula is C25H29N7O4S. The standard InChI is InChI=1S/C25H29N7O4S/c1-15-13-27-23(28-14-15)17(3)18(4)37(33,34)31-25-30-29-24(19-10-11-26-16(2)12-19)32(25)22-20(35-5)8-7-9-21(22)36-6/h7-14,17-18H,1-6H3,(H,30,31). The van der Waals surface area contributed by atoms with Crippen molar-refractivity contribution in [3.8, 4) is 28.6 Å². The smallest absolute Gasteiger partial charge is 0.243 e. The summed E-state index contributed by atoms with van der Waals surface area (Å²) in [5.74, 6) is 1.20. The van der Waals surface area contributed by atoms with E-state index in [1.54, 1.807) is 61.3 Å². The Morgan fingerprint density at radius 2 is 1.59 bits per heavy atom. The summed E-state index contributed by atoms with van der Waals surface area (Å²) in [5, 5.41) is 7.67. The summed E-state index contributed by atoms with van der Waals surface area (Å²) < 4.78 is 42.5. The van der Waals surface area contributed by atoms with Crippen molar-refractivity contribution in [2.75, 3.05) is 18.9 Å². The van der Waals surface area contributed by atoms with Crippen LogP contribution in [0.5, 0.6) is 11.5 Å². The number of hydrogen-bond acceptors (Lipinski definition) is 9. The Morgan fingerprint density at radius 1 is 0.946 bits per heavy atom. The fourth-order valence-corrected chi connectivity index (χ4v) is 5.05. The summed E-state index contributed by atoms with van der Waals surface area (Å²) in [6.45, 7) is 7.10. The van der Waals surface area contributed by atoms with Gasteiger partial charge in [0.25, 0.3) is 0 Å². The molecule has 194 valence electrons. The summed E-state index contributed by atoms with van der Waals surface area (Å²) >= 11 is 0. The topological polar surface area (TPSA) is 134 Å². The van der Waals surface area contributed by atoms with E-state index in [-0.39, 0.29) is 5.95 Å². The number of aryl methyl sites for hydroxylation is 2. The van der Waals surface area contributed by atoms with Crippen molar-refractivity contribution >= 4 is 16.0 Å². The van der Waals surface area contributed by atoms with Gasteiger partial charge in [0.15, 0.2) is 5.82 Å². The third-order valence-electron chi connectivity index (χ3n) is 6.08. The zero-order valence-corrected chi connectivity index (χ0v) is 22.3. The first-order valence-electron chi connectivity index (χ1n) is 11.6. The third kappa shape index (κ3) is 5.24. The van der Waals surface area contributed by atoms with Gasteiger partial charge in [0, 0.05) is 35.8 Å². The van der Waals surface area contributed by atoms with Crippen LogP contribution in [0.15, 0.2) is 48.9 Å². The largest absolute Gasteiger partial charge is 0.494 e. The predicted molar refractivity (Wildman–Crippen MR) is 140 cm³/mol. The number of nitrogens with one attached hydrogen (secondary N) is 1. The van der Waals surface area contributed by atoms with Crippen LogP contribution in [0.3, 0.4) is 0 Å². The summed E-state index contributed by atoms with van der Waals surface area (Å²) in [6, 6.07) is 8.87. The van der Waals surface area contributed by atoms with Crippen LogP contribution in [0.4, 0.5) is 5.95 Å². The Kier molecular flexibility index (Phi) is 7.39. The van der Waals surface area contributed by atoms with Crippen molar-refractivity contribution in [3.05, 3.63) is 66.0 Å². The Morgan fingerprint density at radius 3 is 2.19 bits per heavy atom. The molecule has 4 rings (SSSR count). The first kappa shape index (κ1) is 26.0. The van der Waals surface area contributed by atoms with Crippen molar-refractivity contribution in [2.45, 2.75) is 38.9 Å². The van der Waals surface area contributed by atoms with E-state index in [0.717, 1.165) is 11.3 Å². The molecule has 12 heteroatoms. The van der Waals surface area contributed by atoms with Crippen LogP contribution in [0.2, 0.25) is 0 Å². The maximum absolute atomic E-state index is 13.6. The maximum atomic E-state index is 13.6. The summed E-state index contributed by atoms with van der Waals surface area (Å²) in [4.78, 5) is 12.9. The molecule has 1 aromatic carbocycles. The molecule has 1 N–H and O–H groups in total. The highest BCUT2D eigenvalue weighted by Gasteiger charge is 2.32. The molecule has 0 amide bonds. The van der Waals surface area contributed by atoms with Crippen LogP contribution >= 0.6 is 0 Å². The minimum Gasteiger partial charge on any atom is -0.494 e. The SMILES string of the molecule is COc1cccc(OC)c1-n1c(NS(=O)(=O)C(C)C(C)c2ncc(C)cn2)nnc1-c1ccnc(C)c1. The Labute approximate surface area is 216 Å². The van der Waals surface area contributed by atoms with Gasteiger partial charge in [-0.1, -0.05) is 13.0 Å². The number of rotatable bonds is 9. The zero-order chi connectivity index (χ0) is 26.7. The highest BCUT2D eigenvalue weighted by Crippen LogP contribution is 2.38. The van der Waals surface area contributed by atoms with Gasteiger partial charge in [0.1, 0.15) is 23.0 Å². The van der Waals surface area contributed by atoms with E-state index in [1.807, 2.05) is 19.9 Å². The van der Waals surface area contributed by atoms with Crippen LogP contribution in [-0.2, 0) is 10.0 Å². The molecule has 0 radical (unpaired) electrons. The summed E-state index contributed by atoms with van der Waals surface area (Å²) in [6.07, 6.45) is 4.98. The maximum Gasteiger partial charge on any atom is 0.243 e. The second-order valence-electron chi connectivity index (χ2n) is 8.64. The number of methoxy groups -OCH3 is 2. The molecule has 0 aliphatic heterocycles. The van der Waals surface area contributed by atoms with E-state index in [2.05, 4.69) is 29.9 Å². The van der Waals surface area contributed by atoms with Gasteiger partial charge in [-0.05, 0) is 50.6 Å². The van der Waals surface area contributed by atoms with E-state index >= 15 is 0 Å². The number of anilines is 1. The fourth-order valence-electron chi connectivity index (χ4n) is 3.82. The molecule has 0 saturated carbocycles. The van der Waals surface area contributed by atoms with Gasteiger partial charge in [-0.15, -0.1) is 10.2 Å². The number of benzene rings is 1. The number of pyridine rings is 1. The Bertz CT molecular complexity index is 1480. The van der Waals surface area contributed by atoms with Gasteiger partial charge in [0.2, 0.25) is 16.0 Å². The number of sulfonamides is 1. The Balaban J connectivity index is 1.83. The van der Waals surface area contributed by atoms with Gasteiger partial charge in [0.05, 0.1) is 19.5 Å². The van der Waals surface area contributed by atoms with E-state index in [9.17, 15) is 8.42 Å². The molecule has 0 fully saturated rings. The number of ether oxygens (including phenoxy) is 2. The first-order chi connectivity index (χ1) is 17.7. The number of hydrogen-bond donors (Lipinski definition) is 1. The number of aromatic nitrogens is 6. The average molecular weight is 524 g/mol. The molecule has 0 bridgehead atoms. The average Bonchev–Trinajstić information content (AvgIpc) is 3.29. The minimum absolute atomic E-state index is 0.0175. The van der Waals surface area contributed by atoms with Gasteiger partial charge >= 0.3 is 0 Å². The van der Waals surface area contributed by atoms with Gasteiger partial charge in [-0.25, -0.2) is 18.4 Å². The molecule has 11 nitrogen and oxygen atoms in total. The lowest BCUT2D eigenvalue weighted by atomic mass is 10.1. The van der Waals surface area contributed by atoms with Crippen molar-refractivity contribution in [2.24, 2.45) is 0 Å². The molecule has 0 spiro atoms. The highest BCUT2D eigenvalue weighted by molar-refractivity contribution is 7.93. The first-order valence-corrected chi connectivity index (χ1v) is 13.1. The van der Waals surface area contributed by atoms with Crippen molar-refractivity contribution < 1.29 is 17.9 Å². The monoisotopic (exact) mass is 523 g/mol. The summed E-state index contributed by atoms with van der Waals surface area (Å²) in [7, 11) is -0.921. The van der Waals surface area contributed by atoms with Gasteiger partial charge in [-0.3, -0.25) is 14.3 Å². The van der Waals surface area contributed by atoms with Crippen LogP contribution in [0, 0.1) is 13.8 Å². The molecule has 0 saturated heterocycles. The fraction of sp³-hybridized carbons (Fsp3) is 0.320. The molecule has 3 aromatic heterocycles. The van der Waals surface area contributed by atoms with Crippen LogP contribution in [0.25, 0.3) is 17.1 Å². The summed E-state index contributed by atoms with van der Waals surface area (Å²) in [5.41, 5.74) is 2.79. The lowest BCUT2D eigenvalue weighted by Gasteiger charge is -2.21. The Hall–Kier alpha value is -4.06. The van der Waals surface area contributed by atoms with Gasteiger partial charge < -0.3 is 9.47 Å². The highest BCUT2D eigenvalue weighted by atomic mass is 32.2. The van der Waals surface area contributed by atoms with E-state index in [1.165, 1.54) is 14.2 Å². The number of nitrogens with zero attached hydrogens (tertiary/aromatic N) is 6. The predicted octanol–water partition coefficient (Wildman–Crippen LogP) is 3.69. The van der Waals surface area contributed by atoms with E-state index in [0.29, 0.717) is 34.4 Å². The van der Waals surface area contributed by atoms with Crippen molar-refractivity contribution in [1.82, 2.24) is 29.7 Å². The van der Waals surface area contributed by atoms with E-state index in [4.69, 9.17) is 9.47 Å². The molecule has 37 heavy (non-hydrogen) atoms. The van der Waals surface area contributed by atoms with Crippen LogP contribution in [0.1, 0.15) is 36.8 Å². The van der Waals surface area contributed by atoms with Gasteiger partial charge in [-0.2, -0.15) is 0 Å². The lowest BCUT2D eigenvalue weighted by molar-refractivity contribution is 0.391. The second kappa shape index (κ2) is 10.5. The molecule has 4 aromatic rings. The van der Waals surface area contributed by atoms with Crippen molar-refractivity contribution in [1.29, 1.82) is 0 Å². The third-order valence-corrected chi connectivity index (χ3v) is 7.93. The normalized spacial score (nSPS) is 13.1. The quantitative estimate of drug-likeness (QED) is 0.348. The van der Waals surface area contributed by atoms with Crippen molar-refractivity contribution in [3.63, 3.8) is 0 Å². The molecule has 3 heterocycles. The molecule has 0 aliphatic carbocycles. The number of para-hydroxylation sites is 1. The minimum atomic E-state index is -3.96.